The number of ether oxygens (including phenoxy) is 1. The third-order valence-corrected chi connectivity index (χ3v) is 4.12. The maximum Gasteiger partial charge on any atom is 0.312 e. The molecule has 1 aliphatic rings. The molecule has 0 atom stereocenters. The van der Waals surface area contributed by atoms with Gasteiger partial charge in [-0.1, -0.05) is 52.2 Å². The van der Waals surface area contributed by atoms with E-state index in [9.17, 15) is 4.79 Å². The molecule has 0 amide bonds. The Morgan fingerprint density at radius 1 is 1.22 bits per heavy atom. The van der Waals surface area contributed by atoms with Gasteiger partial charge in [-0.25, -0.2) is 0 Å². The molecular weight excluding hydrogens is 223 g/mol. The summed E-state index contributed by atoms with van der Waals surface area (Å²) < 4.78 is 5.48. The molecule has 1 saturated carbocycles. The number of hydrogen-bond donors (Lipinski definition) is 0. The summed E-state index contributed by atoms with van der Waals surface area (Å²) in [4.78, 5) is 12.3. The molecule has 0 aromatic carbocycles. The van der Waals surface area contributed by atoms with E-state index in [0.717, 1.165) is 38.5 Å². The number of esters is 1. The van der Waals surface area contributed by atoms with Crippen LogP contribution in [-0.2, 0) is 9.53 Å². The van der Waals surface area contributed by atoms with Crippen molar-refractivity contribution >= 4 is 13.2 Å². The van der Waals surface area contributed by atoms with Crippen LogP contribution in [0.2, 0.25) is 13.1 Å². The Balaban J connectivity index is 2.38. The molecule has 0 saturated heterocycles. The van der Waals surface area contributed by atoms with Crippen LogP contribution in [0.4, 0.5) is 0 Å². The first-order valence-electron chi connectivity index (χ1n) is 7.70. The minimum atomic E-state index is -0.124. The van der Waals surface area contributed by atoms with Crippen LogP contribution >= 0.6 is 0 Å². The number of carbonyl (C=O) groups excluding carboxylic acids is 1. The van der Waals surface area contributed by atoms with Crippen molar-refractivity contribution in [3.05, 3.63) is 0 Å². The summed E-state index contributed by atoms with van der Waals surface area (Å²) in [5.74, 6) is 0.0916. The van der Waals surface area contributed by atoms with Gasteiger partial charge in [-0.2, -0.15) is 0 Å². The van der Waals surface area contributed by atoms with Crippen molar-refractivity contribution in [2.24, 2.45) is 5.41 Å². The standard InChI is InChI=1S/C15H28BO2/c1-3-4-13-18-14(17)15(9-5-6-10-15)11-7-8-12-16-2/h3-13H2,1-2H3. The Bertz CT molecular complexity index is 235. The van der Waals surface area contributed by atoms with Gasteiger partial charge in [0.25, 0.3) is 0 Å². The van der Waals surface area contributed by atoms with Crippen LogP contribution in [0.5, 0.6) is 0 Å². The highest BCUT2D eigenvalue weighted by Gasteiger charge is 2.41. The lowest BCUT2D eigenvalue weighted by Crippen LogP contribution is -2.30. The molecule has 2 nitrogen and oxygen atoms in total. The SMILES string of the molecule is C[B]CCCCC1(C(=O)OCCCC)CCCC1. The summed E-state index contributed by atoms with van der Waals surface area (Å²) in [5.41, 5.74) is -0.124. The van der Waals surface area contributed by atoms with E-state index < -0.39 is 0 Å². The van der Waals surface area contributed by atoms with Crippen molar-refractivity contribution in [2.75, 3.05) is 6.61 Å². The Labute approximate surface area is 113 Å². The number of unbranched alkanes of at least 4 members (excludes halogenated alkanes) is 2. The first-order valence-corrected chi connectivity index (χ1v) is 7.70. The highest BCUT2D eigenvalue weighted by atomic mass is 16.5. The van der Waals surface area contributed by atoms with Gasteiger partial charge in [-0.3, -0.25) is 4.79 Å². The second kappa shape index (κ2) is 8.60. The van der Waals surface area contributed by atoms with Crippen molar-refractivity contribution in [1.29, 1.82) is 0 Å². The Morgan fingerprint density at radius 2 is 1.94 bits per heavy atom. The highest BCUT2D eigenvalue weighted by Crippen LogP contribution is 2.43. The zero-order valence-corrected chi connectivity index (χ0v) is 12.2. The highest BCUT2D eigenvalue weighted by molar-refractivity contribution is 6.33. The molecular formula is C15H28BO2. The zero-order valence-electron chi connectivity index (χ0n) is 12.2. The maximum absolute atomic E-state index is 12.3. The van der Waals surface area contributed by atoms with Gasteiger partial charge in [-0.15, -0.1) is 0 Å². The van der Waals surface area contributed by atoms with Gasteiger partial charge >= 0.3 is 5.97 Å². The summed E-state index contributed by atoms with van der Waals surface area (Å²) in [6.07, 6.45) is 11.1. The predicted octanol–water partition coefficient (Wildman–Crippen LogP) is 4.23. The second-order valence-corrected chi connectivity index (χ2v) is 5.63. The van der Waals surface area contributed by atoms with Crippen molar-refractivity contribution in [3.63, 3.8) is 0 Å². The van der Waals surface area contributed by atoms with E-state index in [1.165, 1.54) is 25.6 Å². The van der Waals surface area contributed by atoms with E-state index in [0.29, 0.717) is 6.61 Å². The molecule has 0 bridgehead atoms. The second-order valence-electron chi connectivity index (χ2n) is 5.63. The molecule has 1 fully saturated rings. The third kappa shape index (κ3) is 4.66. The fourth-order valence-electron chi connectivity index (χ4n) is 2.88. The minimum absolute atomic E-state index is 0.0916. The first-order chi connectivity index (χ1) is 8.75. The quantitative estimate of drug-likeness (QED) is 0.348. The smallest absolute Gasteiger partial charge is 0.312 e. The summed E-state index contributed by atoms with van der Waals surface area (Å²) in [6.45, 7) is 4.84. The van der Waals surface area contributed by atoms with Gasteiger partial charge in [0.2, 0.25) is 0 Å². The molecule has 1 rings (SSSR count). The fourth-order valence-corrected chi connectivity index (χ4v) is 2.88. The maximum atomic E-state index is 12.3. The lowest BCUT2D eigenvalue weighted by Gasteiger charge is -2.26. The van der Waals surface area contributed by atoms with E-state index in [-0.39, 0.29) is 11.4 Å². The summed E-state index contributed by atoms with van der Waals surface area (Å²) in [5, 5.41) is 0. The van der Waals surface area contributed by atoms with Crippen LogP contribution in [0.3, 0.4) is 0 Å². The van der Waals surface area contributed by atoms with Crippen molar-refractivity contribution < 1.29 is 9.53 Å². The third-order valence-electron chi connectivity index (χ3n) is 4.12. The molecule has 18 heavy (non-hydrogen) atoms. The molecule has 1 radical (unpaired) electrons. The van der Waals surface area contributed by atoms with E-state index in [1.807, 2.05) is 0 Å². The van der Waals surface area contributed by atoms with Crippen LogP contribution in [0.15, 0.2) is 0 Å². The molecule has 0 aliphatic heterocycles. The van der Waals surface area contributed by atoms with Gasteiger partial charge in [0.15, 0.2) is 0 Å². The average Bonchev–Trinajstić information content (AvgIpc) is 2.85. The van der Waals surface area contributed by atoms with Crippen molar-refractivity contribution in [2.45, 2.75) is 77.9 Å². The van der Waals surface area contributed by atoms with Crippen LogP contribution < -0.4 is 0 Å². The number of hydrogen-bond acceptors (Lipinski definition) is 2. The normalized spacial score (nSPS) is 17.7. The molecule has 1 aliphatic carbocycles. The van der Waals surface area contributed by atoms with Crippen LogP contribution in [0, 0.1) is 5.41 Å². The number of rotatable bonds is 9. The van der Waals surface area contributed by atoms with Gasteiger partial charge in [-0.05, 0) is 25.7 Å². The lowest BCUT2D eigenvalue weighted by molar-refractivity contribution is -0.156. The molecule has 0 N–H and O–H groups in total. The zero-order chi connectivity index (χ0) is 13.3. The van der Waals surface area contributed by atoms with Crippen molar-refractivity contribution in [1.82, 2.24) is 0 Å². The first kappa shape index (κ1) is 15.6. The molecule has 0 heterocycles. The average molecular weight is 251 g/mol. The monoisotopic (exact) mass is 251 g/mol. The van der Waals surface area contributed by atoms with Gasteiger partial charge < -0.3 is 4.74 Å². The minimum Gasteiger partial charge on any atom is -0.465 e. The molecule has 0 unspecified atom stereocenters. The fraction of sp³-hybridized carbons (Fsp3) is 0.933. The molecule has 103 valence electrons. The largest absolute Gasteiger partial charge is 0.465 e. The predicted molar refractivity (Wildman–Crippen MR) is 77.0 cm³/mol. The van der Waals surface area contributed by atoms with E-state index >= 15 is 0 Å². The Kier molecular flexibility index (Phi) is 7.45. The van der Waals surface area contributed by atoms with E-state index in [4.69, 9.17) is 4.74 Å². The Hall–Kier alpha value is -0.465. The number of carbonyl (C=O) groups is 1. The molecule has 3 heteroatoms. The topological polar surface area (TPSA) is 26.3 Å². The molecule has 0 aromatic heterocycles. The van der Waals surface area contributed by atoms with Crippen LogP contribution in [0.25, 0.3) is 0 Å². The van der Waals surface area contributed by atoms with Gasteiger partial charge in [0, 0.05) is 0 Å². The summed E-state index contributed by atoms with van der Waals surface area (Å²) in [6, 6.07) is 0. The van der Waals surface area contributed by atoms with Gasteiger partial charge in [0.1, 0.15) is 7.28 Å². The van der Waals surface area contributed by atoms with Crippen LogP contribution in [0.1, 0.15) is 64.7 Å². The van der Waals surface area contributed by atoms with E-state index in [2.05, 4.69) is 21.0 Å². The van der Waals surface area contributed by atoms with Crippen LogP contribution in [-0.4, -0.2) is 19.9 Å². The van der Waals surface area contributed by atoms with Crippen molar-refractivity contribution in [3.8, 4) is 0 Å². The molecule has 0 aromatic rings. The molecule has 0 spiro atoms. The Morgan fingerprint density at radius 3 is 2.56 bits per heavy atom. The van der Waals surface area contributed by atoms with E-state index in [1.54, 1.807) is 0 Å². The summed E-state index contributed by atoms with van der Waals surface area (Å²) in [7, 11) is 2.21. The summed E-state index contributed by atoms with van der Waals surface area (Å²) >= 11 is 0. The van der Waals surface area contributed by atoms with Gasteiger partial charge in [0.05, 0.1) is 12.0 Å². The lowest BCUT2D eigenvalue weighted by atomic mass is 9.74.